The maximum absolute atomic E-state index is 12.5. The van der Waals surface area contributed by atoms with Crippen molar-refractivity contribution in [3.8, 4) is 0 Å². The molecule has 0 aliphatic rings. The van der Waals surface area contributed by atoms with Crippen molar-refractivity contribution in [3.63, 3.8) is 0 Å². The van der Waals surface area contributed by atoms with E-state index in [0.29, 0.717) is 5.75 Å². The van der Waals surface area contributed by atoms with Crippen molar-refractivity contribution in [2.45, 2.75) is 6.04 Å². The molecule has 0 bridgehead atoms. The van der Waals surface area contributed by atoms with Crippen LogP contribution in [0.2, 0.25) is 0 Å². The molecule has 0 saturated heterocycles. The van der Waals surface area contributed by atoms with Gasteiger partial charge in [-0.15, -0.1) is 0 Å². The minimum atomic E-state index is -0.920. The van der Waals surface area contributed by atoms with E-state index in [9.17, 15) is 8.60 Å². The predicted octanol–water partition coefficient (Wildman–Crippen LogP) is 1.20. The molecule has 2 nitrogen and oxygen atoms in total. The first-order chi connectivity index (χ1) is 6.09. The topological polar surface area (TPSA) is 43.1 Å². The summed E-state index contributed by atoms with van der Waals surface area (Å²) in [7, 11) is -0.920. The summed E-state index contributed by atoms with van der Waals surface area (Å²) in [6.07, 6.45) is 1.60. The molecule has 1 aromatic carbocycles. The second-order valence-corrected chi connectivity index (χ2v) is 4.38. The zero-order valence-electron chi connectivity index (χ0n) is 7.37. The third-order valence-corrected chi connectivity index (χ3v) is 2.54. The summed E-state index contributed by atoms with van der Waals surface area (Å²) in [5.74, 6) is 0.125. The number of hydrogen-bond acceptors (Lipinski definition) is 2. The third kappa shape index (κ3) is 3.24. The first-order valence-electron chi connectivity index (χ1n) is 3.90. The van der Waals surface area contributed by atoms with Gasteiger partial charge in [0.05, 0.1) is 0 Å². The van der Waals surface area contributed by atoms with Crippen molar-refractivity contribution < 1.29 is 8.60 Å². The SMILES string of the molecule is CS(=O)CC(N)c1ccc(F)cc1. The lowest BCUT2D eigenvalue weighted by Crippen LogP contribution is -2.17. The van der Waals surface area contributed by atoms with Crippen LogP contribution in [0.25, 0.3) is 0 Å². The quantitative estimate of drug-likeness (QED) is 0.798. The lowest BCUT2D eigenvalue weighted by atomic mass is 10.1. The first-order valence-corrected chi connectivity index (χ1v) is 5.63. The molecule has 0 spiro atoms. The Balaban J connectivity index is 2.71. The number of halogens is 1. The molecule has 13 heavy (non-hydrogen) atoms. The van der Waals surface area contributed by atoms with Gasteiger partial charge in [0.25, 0.3) is 0 Å². The van der Waals surface area contributed by atoms with E-state index < -0.39 is 10.8 Å². The van der Waals surface area contributed by atoms with Gasteiger partial charge >= 0.3 is 0 Å². The van der Waals surface area contributed by atoms with Crippen LogP contribution in [-0.2, 0) is 10.8 Å². The molecule has 2 N–H and O–H groups in total. The Bertz CT molecular complexity index is 299. The Labute approximate surface area is 79.4 Å². The Morgan fingerprint density at radius 1 is 1.46 bits per heavy atom. The Morgan fingerprint density at radius 3 is 2.46 bits per heavy atom. The molecule has 0 saturated carbocycles. The van der Waals surface area contributed by atoms with Crippen LogP contribution in [0.5, 0.6) is 0 Å². The second kappa shape index (κ2) is 4.48. The monoisotopic (exact) mass is 201 g/mol. The van der Waals surface area contributed by atoms with Crippen LogP contribution in [-0.4, -0.2) is 16.2 Å². The average molecular weight is 201 g/mol. The molecule has 0 aliphatic heterocycles. The molecule has 0 fully saturated rings. The highest BCUT2D eigenvalue weighted by Gasteiger charge is 2.07. The van der Waals surface area contributed by atoms with Gasteiger partial charge in [0.1, 0.15) is 5.82 Å². The molecule has 1 rings (SSSR count). The third-order valence-electron chi connectivity index (χ3n) is 1.71. The molecule has 2 atom stereocenters. The summed E-state index contributed by atoms with van der Waals surface area (Å²) in [5, 5.41) is 0. The molecule has 72 valence electrons. The van der Waals surface area contributed by atoms with Gasteiger partial charge in [-0.05, 0) is 17.7 Å². The first kappa shape index (κ1) is 10.3. The van der Waals surface area contributed by atoms with E-state index in [-0.39, 0.29) is 11.9 Å². The number of nitrogens with two attached hydrogens (primary N) is 1. The van der Waals surface area contributed by atoms with Crippen molar-refractivity contribution in [2.24, 2.45) is 5.73 Å². The van der Waals surface area contributed by atoms with Crippen molar-refractivity contribution in [2.75, 3.05) is 12.0 Å². The van der Waals surface area contributed by atoms with Crippen LogP contribution in [0.3, 0.4) is 0 Å². The molecule has 4 heteroatoms. The van der Waals surface area contributed by atoms with Gasteiger partial charge < -0.3 is 5.73 Å². The summed E-state index contributed by atoms with van der Waals surface area (Å²) in [6.45, 7) is 0. The van der Waals surface area contributed by atoms with Gasteiger partial charge in [0.15, 0.2) is 0 Å². The maximum atomic E-state index is 12.5. The zero-order valence-corrected chi connectivity index (χ0v) is 8.18. The van der Waals surface area contributed by atoms with E-state index in [1.807, 2.05) is 0 Å². The van der Waals surface area contributed by atoms with Gasteiger partial charge in [-0.1, -0.05) is 12.1 Å². The fraction of sp³-hybridized carbons (Fsp3) is 0.333. The van der Waals surface area contributed by atoms with Gasteiger partial charge in [0.2, 0.25) is 0 Å². The summed E-state index contributed by atoms with van der Waals surface area (Å²) in [5.41, 5.74) is 6.55. The molecule has 0 amide bonds. The maximum Gasteiger partial charge on any atom is 0.123 e. The summed E-state index contributed by atoms with van der Waals surface area (Å²) in [4.78, 5) is 0. The lowest BCUT2D eigenvalue weighted by molar-refractivity contribution is 0.626. The number of hydrogen-bond donors (Lipinski definition) is 1. The van der Waals surface area contributed by atoms with Crippen LogP contribution in [0.1, 0.15) is 11.6 Å². The standard InChI is InChI=1S/C9H12FNOS/c1-13(12)6-9(11)7-2-4-8(10)5-3-7/h2-5,9H,6,11H2,1H3. The molecular weight excluding hydrogens is 189 g/mol. The molecule has 0 aromatic heterocycles. The van der Waals surface area contributed by atoms with E-state index in [0.717, 1.165) is 5.56 Å². The van der Waals surface area contributed by atoms with Crippen LogP contribution in [0.4, 0.5) is 4.39 Å². The Morgan fingerprint density at radius 2 is 2.00 bits per heavy atom. The summed E-state index contributed by atoms with van der Waals surface area (Å²) >= 11 is 0. The largest absolute Gasteiger partial charge is 0.323 e. The normalized spacial score (nSPS) is 15.3. The number of benzene rings is 1. The molecule has 1 aromatic rings. The van der Waals surface area contributed by atoms with Crippen LogP contribution in [0, 0.1) is 5.82 Å². The summed E-state index contributed by atoms with van der Waals surface area (Å²) in [6, 6.07) is 5.67. The van der Waals surface area contributed by atoms with Crippen LogP contribution >= 0.6 is 0 Å². The molecule has 0 aliphatic carbocycles. The van der Waals surface area contributed by atoms with Gasteiger partial charge in [-0.3, -0.25) is 4.21 Å². The van der Waals surface area contributed by atoms with Gasteiger partial charge in [-0.25, -0.2) is 4.39 Å². The highest BCUT2D eigenvalue weighted by Crippen LogP contribution is 2.11. The van der Waals surface area contributed by atoms with Crippen LogP contribution < -0.4 is 5.73 Å². The minimum absolute atomic E-state index is 0.272. The highest BCUT2D eigenvalue weighted by molar-refractivity contribution is 7.84. The lowest BCUT2D eigenvalue weighted by Gasteiger charge is -2.09. The second-order valence-electron chi connectivity index (χ2n) is 2.90. The predicted molar refractivity (Wildman–Crippen MR) is 52.3 cm³/mol. The van der Waals surface area contributed by atoms with Gasteiger partial charge in [0, 0.05) is 28.9 Å². The van der Waals surface area contributed by atoms with E-state index in [1.165, 1.54) is 12.1 Å². The van der Waals surface area contributed by atoms with E-state index in [1.54, 1.807) is 18.4 Å². The highest BCUT2D eigenvalue weighted by atomic mass is 32.2. The van der Waals surface area contributed by atoms with Crippen molar-refractivity contribution in [1.82, 2.24) is 0 Å². The molecule has 0 heterocycles. The zero-order chi connectivity index (χ0) is 9.84. The van der Waals surface area contributed by atoms with Crippen molar-refractivity contribution >= 4 is 10.8 Å². The fourth-order valence-corrected chi connectivity index (χ4v) is 1.76. The van der Waals surface area contributed by atoms with Crippen molar-refractivity contribution in [3.05, 3.63) is 35.6 Å². The molecular formula is C9H12FNOS. The fourth-order valence-electron chi connectivity index (χ4n) is 1.06. The van der Waals surface area contributed by atoms with Crippen LogP contribution in [0.15, 0.2) is 24.3 Å². The minimum Gasteiger partial charge on any atom is -0.323 e. The Hall–Kier alpha value is -0.740. The Kier molecular flexibility index (Phi) is 3.57. The van der Waals surface area contributed by atoms with E-state index in [4.69, 9.17) is 5.73 Å². The van der Waals surface area contributed by atoms with Crippen molar-refractivity contribution in [1.29, 1.82) is 0 Å². The molecule has 2 unspecified atom stereocenters. The van der Waals surface area contributed by atoms with E-state index >= 15 is 0 Å². The summed E-state index contributed by atoms with van der Waals surface area (Å²) < 4.78 is 23.4. The number of rotatable bonds is 3. The van der Waals surface area contributed by atoms with Gasteiger partial charge in [-0.2, -0.15) is 0 Å². The smallest absolute Gasteiger partial charge is 0.123 e. The molecule has 0 radical (unpaired) electrons. The van der Waals surface area contributed by atoms with E-state index in [2.05, 4.69) is 0 Å². The average Bonchev–Trinajstić information content (AvgIpc) is 2.04.